The number of alkyl halides is 1. The van der Waals surface area contributed by atoms with Crippen molar-refractivity contribution in [2.75, 3.05) is 18.3 Å². The standard InChI is InChI=1S/C23H24ClF2N7O/c1-14-27-13-33(32-14)20-11-18(26)19(12-21(20)34-2)28-23-29-22(30-31-23)17(5-3-4-10-24)15-6-8-16(25)9-7-15/h6-9,11-13,17H,3-5,10H2,1-2H3,(H2,28,29,30,31). The van der Waals surface area contributed by atoms with Gasteiger partial charge < -0.3 is 10.1 Å². The number of aryl methyl sites for hydroxylation is 1. The van der Waals surface area contributed by atoms with Gasteiger partial charge in [0.05, 0.1) is 12.8 Å². The monoisotopic (exact) mass is 487 g/mol. The molecule has 1 atom stereocenters. The number of H-pyrrole nitrogens is 1. The number of hydrogen-bond acceptors (Lipinski definition) is 6. The molecule has 34 heavy (non-hydrogen) atoms. The minimum atomic E-state index is -0.535. The van der Waals surface area contributed by atoms with Crippen molar-refractivity contribution >= 4 is 23.2 Å². The molecule has 2 N–H and O–H groups in total. The molecule has 4 rings (SSSR count). The Bertz CT molecular complexity index is 1240. The Labute approximate surface area is 200 Å². The summed E-state index contributed by atoms with van der Waals surface area (Å²) in [6.45, 7) is 1.74. The fraction of sp³-hybridized carbons (Fsp3) is 0.304. The maximum Gasteiger partial charge on any atom is 0.246 e. The molecule has 0 saturated carbocycles. The smallest absolute Gasteiger partial charge is 0.246 e. The van der Waals surface area contributed by atoms with E-state index in [-0.39, 0.29) is 23.4 Å². The number of benzene rings is 2. The number of anilines is 2. The zero-order chi connectivity index (χ0) is 24.1. The molecule has 0 saturated heterocycles. The highest BCUT2D eigenvalue weighted by molar-refractivity contribution is 6.17. The summed E-state index contributed by atoms with van der Waals surface area (Å²) in [5.74, 6) is 1.32. The van der Waals surface area contributed by atoms with Gasteiger partial charge in [-0.3, -0.25) is 5.10 Å². The highest BCUT2D eigenvalue weighted by Crippen LogP contribution is 2.32. The number of rotatable bonds is 10. The van der Waals surface area contributed by atoms with Gasteiger partial charge in [-0.1, -0.05) is 18.6 Å². The van der Waals surface area contributed by atoms with Crippen LogP contribution in [0.1, 0.15) is 42.4 Å². The maximum atomic E-state index is 14.9. The number of ether oxygens (including phenoxy) is 1. The molecule has 11 heteroatoms. The minimum absolute atomic E-state index is 0.135. The summed E-state index contributed by atoms with van der Waals surface area (Å²) in [6, 6.07) is 9.10. The molecular weight excluding hydrogens is 464 g/mol. The Morgan fingerprint density at radius 2 is 1.97 bits per heavy atom. The second-order valence-corrected chi connectivity index (χ2v) is 8.08. The second-order valence-electron chi connectivity index (χ2n) is 7.70. The quantitative estimate of drug-likeness (QED) is 0.234. The van der Waals surface area contributed by atoms with Crippen LogP contribution in [0.5, 0.6) is 5.75 Å². The van der Waals surface area contributed by atoms with Crippen LogP contribution in [0.15, 0.2) is 42.7 Å². The summed E-state index contributed by atoms with van der Waals surface area (Å²) in [5, 5.41) is 14.2. The van der Waals surface area contributed by atoms with Crippen molar-refractivity contribution in [3.8, 4) is 11.4 Å². The molecule has 2 aromatic heterocycles. The Balaban J connectivity index is 1.59. The molecule has 0 aliphatic rings. The predicted octanol–water partition coefficient (Wildman–Crippen LogP) is 5.27. The fourth-order valence-corrected chi connectivity index (χ4v) is 3.84. The molecule has 0 aliphatic heterocycles. The third-order valence-corrected chi connectivity index (χ3v) is 5.62. The largest absolute Gasteiger partial charge is 0.494 e. The molecule has 2 aromatic carbocycles. The van der Waals surface area contributed by atoms with Gasteiger partial charge in [-0.15, -0.1) is 16.7 Å². The van der Waals surface area contributed by atoms with E-state index in [1.807, 2.05) is 0 Å². The van der Waals surface area contributed by atoms with E-state index in [1.165, 1.54) is 42.4 Å². The first-order valence-corrected chi connectivity index (χ1v) is 11.3. The Morgan fingerprint density at radius 3 is 2.65 bits per heavy atom. The molecule has 0 bridgehead atoms. The Morgan fingerprint density at radius 1 is 1.18 bits per heavy atom. The number of hydrogen-bond donors (Lipinski definition) is 2. The van der Waals surface area contributed by atoms with Crippen molar-refractivity contribution in [1.29, 1.82) is 0 Å². The van der Waals surface area contributed by atoms with Crippen LogP contribution < -0.4 is 10.1 Å². The fourth-order valence-electron chi connectivity index (χ4n) is 3.65. The lowest BCUT2D eigenvalue weighted by atomic mass is 9.93. The zero-order valence-electron chi connectivity index (χ0n) is 18.7. The Hall–Kier alpha value is -3.53. The SMILES string of the molecule is COc1cc(Nc2n[nH]c(C(CCCCCl)c3ccc(F)cc3)n2)c(F)cc1-n1cnc(C)n1. The number of methoxy groups -OCH3 is 1. The first kappa shape index (κ1) is 23.6. The van der Waals surface area contributed by atoms with Crippen LogP contribution in [0.25, 0.3) is 5.69 Å². The molecule has 178 valence electrons. The highest BCUT2D eigenvalue weighted by Gasteiger charge is 2.20. The lowest BCUT2D eigenvalue weighted by molar-refractivity contribution is 0.410. The second kappa shape index (κ2) is 10.6. The van der Waals surface area contributed by atoms with E-state index in [1.54, 1.807) is 19.1 Å². The van der Waals surface area contributed by atoms with Crippen LogP contribution in [-0.2, 0) is 0 Å². The average Bonchev–Trinajstić information content (AvgIpc) is 3.48. The van der Waals surface area contributed by atoms with Crippen LogP contribution in [0, 0.1) is 18.6 Å². The van der Waals surface area contributed by atoms with Gasteiger partial charge in [0.15, 0.2) is 0 Å². The van der Waals surface area contributed by atoms with Crippen LogP contribution in [0.3, 0.4) is 0 Å². The maximum absolute atomic E-state index is 14.9. The molecule has 1 unspecified atom stereocenters. The van der Waals surface area contributed by atoms with Crippen LogP contribution in [0.2, 0.25) is 0 Å². The van der Waals surface area contributed by atoms with E-state index >= 15 is 0 Å². The van der Waals surface area contributed by atoms with E-state index in [9.17, 15) is 8.78 Å². The lowest BCUT2D eigenvalue weighted by Gasteiger charge is -2.14. The third kappa shape index (κ3) is 5.33. The Kier molecular flexibility index (Phi) is 7.36. The first-order chi connectivity index (χ1) is 16.5. The molecule has 2 heterocycles. The van der Waals surface area contributed by atoms with Crippen molar-refractivity contribution in [3.05, 3.63) is 71.6 Å². The van der Waals surface area contributed by atoms with E-state index < -0.39 is 5.82 Å². The van der Waals surface area contributed by atoms with E-state index in [2.05, 4.69) is 30.6 Å². The van der Waals surface area contributed by atoms with E-state index in [4.69, 9.17) is 16.3 Å². The molecule has 0 aliphatic carbocycles. The average molecular weight is 488 g/mol. The van der Waals surface area contributed by atoms with Gasteiger partial charge in [0, 0.05) is 23.9 Å². The summed E-state index contributed by atoms with van der Waals surface area (Å²) >= 11 is 5.83. The number of nitrogens with zero attached hydrogens (tertiary/aromatic N) is 5. The van der Waals surface area contributed by atoms with Crippen molar-refractivity contribution in [3.63, 3.8) is 0 Å². The van der Waals surface area contributed by atoms with E-state index in [0.29, 0.717) is 29.0 Å². The van der Waals surface area contributed by atoms with Crippen molar-refractivity contribution in [2.24, 2.45) is 0 Å². The number of halogens is 3. The lowest BCUT2D eigenvalue weighted by Crippen LogP contribution is -2.05. The van der Waals surface area contributed by atoms with Crippen LogP contribution in [0.4, 0.5) is 20.4 Å². The summed E-state index contributed by atoms with van der Waals surface area (Å²) in [6.07, 6.45) is 3.95. The van der Waals surface area contributed by atoms with Crippen LogP contribution in [-0.4, -0.2) is 42.9 Å². The molecule has 0 spiro atoms. The molecule has 8 nitrogen and oxygen atoms in total. The number of nitrogens with one attached hydrogen (secondary N) is 2. The van der Waals surface area contributed by atoms with E-state index in [0.717, 1.165) is 24.8 Å². The zero-order valence-corrected chi connectivity index (χ0v) is 19.5. The van der Waals surface area contributed by atoms with Gasteiger partial charge in [0.25, 0.3) is 0 Å². The first-order valence-electron chi connectivity index (χ1n) is 10.8. The molecule has 0 fully saturated rings. The molecule has 0 amide bonds. The van der Waals surface area contributed by atoms with Gasteiger partial charge in [0.2, 0.25) is 5.95 Å². The van der Waals surface area contributed by atoms with Crippen molar-refractivity contribution in [2.45, 2.75) is 32.1 Å². The van der Waals surface area contributed by atoms with Crippen LogP contribution >= 0.6 is 11.6 Å². The highest BCUT2D eigenvalue weighted by atomic mass is 35.5. The topological polar surface area (TPSA) is 93.5 Å². The predicted molar refractivity (Wildman–Crippen MR) is 125 cm³/mol. The molecule has 0 radical (unpaired) electrons. The normalized spacial score (nSPS) is 12.0. The summed E-state index contributed by atoms with van der Waals surface area (Å²) in [7, 11) is 1.49. The van der Waals surface area contributed by atoms with Crippen molar-refractivity contribution < 1.29 is 13.5 Å². The van der Waals surface area contributed by atoms with Gasteiger partial charge in [0.1, 0.15) is 41.0 Å². The van der Waals surface area contributed by atoms with Gasteiger partial charge in [-0.25, -0.2) is 18.4 Å². The summed E-state index contributed by atoms with van der Waals surface area (Å²) < 4.78 is 35.2. The van der Waals surface area contributed by atoms with Gasteiger partial charge in [-0.2, -0.15) is 10.1 Å². The summed E-state index contributed by atoms with van der Waals surface area (Å²) in [5.41, 5.74) is 1.46. The summed E-state index contributed by atoms with van der Waals surface area (Å²) in [4.78, 5) is 8.59. The minimum Gasteiger partial charge on any atom is -0.494 e. The molecular formula is C23H24ClF2N7O. The number of aromatic nitrogens is 6. The molecule has 4 aromatic rings. The van der Waals surface area contributed by atoms with Crippen molar-refractivity contribution in [1.82, 2.24) is 29.9 Å². The number of unbranched alkanes of at least 4 members (excludes halogenated alkanes) is 1. The van der Waals surface area contributed by atoms with Gasteiger partial charge >= 0.3 is 0 Å². The van der Waals surface area contributed by atoms with Gasteiger partial charge in [-0.05, 0) is 37.5 Å². The third-order valence-electron chi connectivity index (χ3n) is 5.35. The number of aromatic amines is 1.